The zero-order valence-electron chi connectivity index (χ0n) is 17.2. The summed E-state index contributed by atoms with van der Waals surface area (Å²) in [5, 5.41) is 4.27. The Morgan fingerprint density at radius 1 is 1.07 bits per heavy atom. The van der Waals surface area contributed by atoms with Crippen LogP contribution in [0.1, 0.15) is 24.5 Å². The van der Waals surface area contributed by atoms with Gasteiger partial charge in [-0.3, -0.25) is 4.90 Å². The normalized spacial score (nSPS) is 14.7. The summed E-state index contributed by atoms with van der Waals surface area (Å²) in [6.07, 6.45) is 1.12. The zero-order chi connectivity index (χ0) is 20.3. The quantitative estimate of drug-likeness (QED) is 0.556. The van der Waals surface area contributed by atoms with E-state index in [1.165, 1.54) is 0 Å². The van der Waals surface area contributed by atoms with E-state index in [0.29, 0.717) is 13.2 Å². The molecule has 1 N–H and O–H groups in total. The Morgan fingerprint density at radius 2 is 1.86 bits per heavy atom. The summed E-state index contributed by atoms with van der Waals surface area (Å²) < 4.78 is 17.4. The number of benzene rings is 2. The predicted octanol–water partition coefficient (Wildman–Crippen LogP) is 4.13. The number of hydrogen-bond donors (Lipinski definition) is 1. The van der Waals surface area contributed by atoms with Crippen LogP contribution in [0.4, 0.5) is 0 Å². The Hall–Kier alpha value is -1.79. The van der Waals surface area contributed by atoms with Crippen molar-refractivity contribution in [1.82, 2.24) is 10.2 Å². The molecule has 2 aromatic carbocycles. The van der Waals surface area contributed by atoms with Crippen LogP contribution in [0.15, 0.2) is 42.5 Å². The highest BCUT2D eigenvalue weighted by molar-refractivity contribution is 6.30. The largest absolute Gasteiger partial charge is 0.490 e. The van der Waals surface area contributed by atoms with Gasteiger partial charge in [0, 0.05) is 30.2 Å². The Labute approximate surface area is 178 Å². The average molecular weight is 419 g/mol. The monoisotopic (exact) mass is 418 g/mol. The van der Waals surface area contributed by atoms with E-state index in [-0.39, 0.29) is 0 Å². The number of para-hydroxylation sites is 1. The fourth-order valence-corrected chi connectivity index (χ4v) is 3.47. The molecule has 0 aliphatic carbocycles. The minimum Gasteiger partial charge on any atom is -0.490 e. The van der Waals surface area contributed by atoms with Gasteiger partial charge in [0.15, 0.2) is 11.5 Å². The molecule has 0 aromatic heterocycles. The van der Waals surface area contributed by atoms with Crippen LogP contribution in [0.3, 0.4) is 0 Å². The first kappa shape index (κ1) is 21.9. The zero-order valence-corrected chi connectivity index (χ0v) is 17.9. The van der Waals surface area contributed by atoms with E-state index >= 15 is 0 Å². The number of ether oxygens (including phenoxy) is 3. The van der Waals surface area contributed by atoms with Crippen LogP contribution in [0.2, 0.25) is 5.02 Å². The molecule has 0 unspecified atom stereocenters. The van der Waals surface area contributed by atoms with Crippen molar-refractivity contribution in [3.63, 3.8) is 0 Å². The van der Waals surface area contributed by atoms with Crippen molar-refractivity contribution in [2.75, 3.05) is 46.0 Å². The lowest BCUT2D eigenvalue weighted by Crippen LogP contribution is -2.37. The van der Waals surface area contributed by atoms with E-state index in [0.717, 1.165) is 80.0 Å². The third-order valence-electron chi connectivity index (χ3n) is 4.90. The average Bonchev–Trinajstić information content (AvgIpc) is 2.75. The lowest BCUT2D eigenvalue weighted by molar-refractivity contribution is 0.0374. The van der Waals surface area contributed by atoms with Gasteiger partial charge < -0.3 is 19.5 Å². The summed E-state index contributed by atoms with van der Waals surface area (Å²) in [6.45, 7) is 9.68. The van der Waals surface area contributed by atoms with Crippen molar-refractivity contribution in [3.05, 3.63) is 58.6 Å². The summed E-state index contributed by atoms with van der Waals surface area (Å²) >= 11 is 5.97. The molecule has 0 radical (unpaired) electrons. The van der Waals surface area contributed by atoms with Crippen molar-refractivity contribution < 1.29 is 14.2 Å². The van der Waals surface area contributed by atoms with Crippen LogP contribution in [0, 0.1) is 0 Å². The summed E-state index contributed by atoms with van der Waals surface area (Å²) in [5.41, 5.74) is 2.18. The molecule has 5 nitrogen and oxygen atoms in total. The molecule has 0 spiro atoms. The number of rotatable bonds is 11. The van der Waals surface area contributed by atoms with Crippen molar-refractivity contribution in [1.29, 1.82) is 0 Å². The molecule has 1 heterocycles. The smallest absolute Gasteiger partial charge is 0.166 e. The first-order valence-corrected chi connectivity index (χ1v) is 10.8. The molecule has 0 bridgehead atoms. The van der Waals surface area contributed by atoms with Crippen LogP contribution in [0.25, 0.3) is 0 Å². The maximum Gasteiger partial charge on any atom is 0.166 e. The number of hydrogen-bond acceptors (Lipinski definition) is 5. The molecule has 158 valence electrons. The van der Waals surface area contributed by atoms with Gasteiger partial charge in [0.2, 0.25) is 0 Å². The van der Waals surface area contributed by atoms with Crippen LogP contribution in [-0.4, -0.2) is 50.9 Å². The molecule has 0 saturated carbocycles. The molecule has 6 heteroatoms. The van der Waals surface area contributed by atoms with Crippen molar-refractivity contribution in [2.45, 2.75) is 26.5 Å². The van der Waals surface area contributed by atoms with E-state index in [2.05, 4.69) is 16.3 Å². The molecule has 29 heavy (non-hydrogen) atoms. The molecule has 1 aliphatic heterocycles. The lowest BCUT2D eigenvalue weighted by Gasteiger charge is -2.26. The molecule has 0 atom stereocenters. The van der Waals surface area contributed by atoms with Crippen LogP contribution in [0.5, 0.6) is 11.5 Å². The van der Waals surface area contributed by atoms with Gasteiger partial charge in [0.05, 0.1) is 19.8 Å². The molecule has 0 amide bonds. The summed E-state index contributed by atoms with van der Waals surface area (Å²) in [7, 11) is 0. The van der Waals surface area contributed by atoms with Crippen LogP contribution in [-0.2, 0) is 17.9 Å². The van der Waals surface area contributed by atoms with Crippen molar-refractivity contribution >= 4 is 11.6 Å². The summed E-state index contributed by atoms with van der Waals surface area (Å²) in [6, 6.07) is 13.8. The third kappa shape index (κ3) is 7.19. The summed E-state index contributed by atoms with van der Waals surface area (Å²) in [5.74, 6) is 1.60. The van der Waals surface area contributed by atoms with Gasteiger partial charge in [-0.1, -0.05) is 35.9 Å². The van der Waals surface area contributed by atoms with Gasteiger partial charge >= 0.3 is 0 Å². The standard InChI is InChI=1S/C23H31ClN2O3/c1-2-28-22-6-3-5-20(17-25-11-4-12-26-13-15-27-16-14-26)23(22)29-18-19-7-9-21(24)10-8-19/h3,5-10,25H,2,4,11-18H2,1H3. The molecular formula is C23H31ClN2O3. The topological polar surface area (TPSA) is 43.0 Å². The first-order valence-electron chi connectivity index (χ1n) is 10.4. The van der Waals surface area contributed by atoms with Gasteiger partial charge in [0.1, 0.15) is 6.61 Å². The van der Waals surface area contributed by atoms with E-state index < -0.39 is 0 Å². The van der Waals surface area contributed by atoms with E-state index in [1.54, 1.807) is 0 Å². The maximum absolute atomic E-state index is 6.17. The van der Waals surface area contributed by atoms with Gasteiger partial charge in [-0.25, -0.2) is 0 Å². The molecule has 1 fully saturated rings. The Kier molecular flexibility index (Phi) is 9.09. The molecule has 1 aliphatic rings. The highest BCUT2D eigenvalue weighted by Crippen LogP contribution is 2.32. The number of nitrogens with zero attached hydrogens (tertiary/aromatic N) is 1. The molecule has 3 rings (SSSR count). The minimum atomic E-state index is 0.477. The van der Waals surface area contributed by atoms with Crippen molar-refractivity contribution in [3.8, 4) is 11.5 Å². The lowest BCUT2D eigenvalue weighted by atomic mass is 10.1. The second-order valence-corrected chi connectivity index (χ2v) is 7.51. The summed E-state index contributed by atoms with van der Waals surface area (Å²) in [4.78, 5) is 2.46. The second kappa shape index (κ2) is 12.0. The second-order valence-electron chi connectivity index (χ2n) is 7.08. The first-order chi connectivity index (χ1) is 14.3. The highest BCUT2D eigenvalue weighted by Gasteiger charge is 2.12. The number of halogens is 1. The molecular weight excluding hydrogens is 388 g/mol. The van der Waals surface area contributed by atoms with Gasteiger partial charge in [-0.05, 0) is 50.2 Å². The maximum atomic E-state index is 6.17. The van der Waals surface area contributed by atoms with E-state index in [1.807, 2.05) is 43.3 Å². The SMILES string of the molecule is CCOc1cccc(CNCCCN2CCOCC2)c1OCc1ccc(Cl)cc1. The van der Waals surface area contributed by atoms with E-state index in [4.69, 9.17) is 25.8 Å². The number of morpholine rings is 1. The predicted molar refractivity (Wildman–Crippen MR) is 117 cm³/mol. The minimum absolute atomic E-state index is 0.477. The highest BCUT2D eigenvalue weighted by atomic mass is 35.5. The Bertz CT molecular complexity index is 733. The molecule has 2 aromatic rings. The van der Waals surface area contributed by atoms with Crippen molar-refractivity contribution in [2.24, 2.45) is 0 Å². The van der Waals surface area contributed by atoms with Gasteiger partial charge in [-0.2, -0.15) is 0 Å². The van der Waals surface area contributed by atoms with Gasteiger partial charge in [-0.15, -0.1) is 0 Å². The van der Waals surface area contributed by atoms with Crippen LogP contribution >= 0.6 is 11.6 Å². The Balaban J connectivity index is 1.53. The number of nitrogens with one attached hydrogen (secondary N) is 1. The van der Waals surface area contributed by atoms with E-state index in [9.17, 15) is 0 Å². The third-order valence-corrected chi connectivity index (χ3v) is 5.16. The van der Waals surface area contributed by atoms with Crippen LogP contribution < -0.4 is 14.8 Å². The van der Waals surface area contributed by atoms with Gasteiger partial charge in [0.25, 0.3) is 0 Å². The Morgan fingerprint density at radius 3 is 2.62 bits per heavy atom. The fourth-order valence-electron chi connectivity index (χ4n) is 3.35. The fraction of sp³-hybridized carbons (Fsp3) is 0.478. The molecule has 1 saturated heterocycles.